The standard InChI is InChI=1S/C18H22F2N4O2S/c1-11-3-4-12(9-21)7-14(11)15-5-6-16-17(22-15)23(2)27(25,26)24(16)10-13-8-18(13,19)20/h3-7,13,25-26H,8-10,21H2,1-2H3. The summed E-state index contributed by atoms with van der Waals surface area (Å²) in [6, 6.07) is 9.36. The molecule has 1 aromatic heterocycles. The number of nitrogens with two attached hydrogens (primary N) is 1. The molecule has 4 N–H and O–H groups in total. The molecular weight excluding hydrogens is 374 g/mol. The molecule has 27 heavy (non-hydrogen) atoms. The van der Waals surface area contributed by atoms with Crippen molar-refractivity contribution in [2.75, 3.05) is 22.2 Å². The third-order valence-electron chi connectivity index (χ3n) is 5.24. The van der Waals surface area contributed by atoms with Crippen molar-refractivity contribution < 1.29 is 17.9 Å². The third-order valence-corrected chi connectivity index (χ3v) is 7.09. The second kappa shape index (κ2) is 6.03. The molecule has 1 aromatic carbocycles. The Morgan fingerprint density at radius 2 is 2.00 bits per heavy atom. The molecule has 6 nitrogen and oxygen atoms in total. The Bertz CT molecular complexity index is 909. The third kappa shape index (κ3) is 2.94. The highest BCUT2D eigenvalue weighted by Crippen LogP contribution is 2.62. The van der Waals surface area contributed by atoms with Crippen molar-refractivity contribution in [3.05, 3.63) is 41.5 Å². The van der Waals surface area contributed by atoms with E-state index in [1.54, 1.807) is 12.1 Å². The van der Waals surface area contributed by atoms with Gasteiger partial charge in [0.1, 0.15) is 5.69 Å². The van der Waals surface area contributed by atoms with Gasteiger partial charge in [0.25, 0.3) is 5.92 Å². The summed E-state index contributed by atoms with van der Waals surface area (Å²) < 4.78 is 50.4. The summed E-state index contributed by atoms with van der Waals surface area (Å²) in [5.74, 6) is -3.23. The van der Waals surface area contributed by atoms with Crippen LogP contribution in [0.3, 0.4) is 0 Å². The van der Waals surface area contributed by atoms with E-state index in [1.807, 2.05) is 25.1 Å². The lowest BCUT2D eigenvalue weighted by molar-refractivity contribution is 0.101. The summed E-state index contributed by atoms with van der Waals surface area (Å²) in [6.07, 6.45) is -0.228. The molecular formula is C18H22F2N4O2S. The molecule has 0 radical (unpaired) electrons. The topological polar surface area (TPSA) is 85.8 Å². The van der Waals surface area contributed by atoms with E-state index in [-0.39, 0.29) is 13.0 Å². The van der Waals surface area contributed by atoms with Crippen LogP contribution in [0.1, 0.15) is 17.5 Å². The second-order valence-electron chi connectivity index (χ2n) is 7.10. The highest BCUT2D eigenvalue weighted by atomic mass is 32.3. The minimum absolute atomic E-state index is 0.116. The SMILES string of the molecule is Cc1ccc(CN)cc1-c1ccc2c(n1)N(C)S(O)(O)N2CC1CC1(F)F. The van der Waals surface area contributed by atoms with Gasteiger partial charge >= 0.3 is 0 Å². The largest absolute Gasteiger partial charge is 0.326 e. The number of rotatable bonds is 4. The van der Waals surface area contributed by atoms with Crippen LogP contribution in [0.2, 0.25) is 0 Å². The summed E-state index contributed by atoms with van der Waals surface area (Å²) in [6.45, 7) is 2.25. The number of anilines is 2. The molecule has 0 amide bonds. The highest BCUT2D eigenvalue weighted by Gasteiger charge is 2.59. The van der Waals surface area contributed by atoms with E-state index < -0.39 is 22.8 Å². The lowest BCUT2D eigenvalue weighted by atomic mass is 10.0. The number of nitrogens with zero attached hydrogens (tertiary/aromatic N) is 3. The van der Waals surface area contributed by atoms with Crippen LogP contribution in [-0.4, -0.2) is 33.6 Å². The van der Waals surface area contributed by atoms with Crippen molar-refractivity contribution in [2.45, 2.75) is 25.8 Å². The van der Waals surface area contributed by atoms with Gasteiger partial charge in [-0.3, -0.25) is 9.11 Å². The van der Waals surface area contributed by atoms with Crippen LogP contribution in [0.25, 0.3) is 11.3 Å². The van der Waals surface area contributed by atoms with Crippen LogP contribution < -0.4 is 14.3 Å². The number of fused-ring (bicyclic) bond motifs is 1. The van der Waals surface area contributed by atoms with Gasteiger partial charge in [0, 0.05) is 38.0 Å². The molecule has 1 aliphatic heterocycles. The number of hydrogen-bond donors (Lipinski definition) is 3. The molecule has 1 saturated carbocycles. The van der Waals surface area contributed by atoms with E-state index >= 15 is 0 Å². The fraction of sp³-hybridized carbons (Fsp3) is 0.389. The first-order valence-electron chi connectivity index (χ1n) is 8.64. The molecule has 2 aromatic rings. The van der Waals surface area contributed by atoms with E-state index in [0.29, 0.717) is 23.7 Å². The summed E-state index contributed by atoms with van der Waals surface area (Å²) in [5.41, 5.74) is 9.73. The Balaban J connectivity index is 1.73. The number of pyridine rings is 1. The fourth-order valence-corrected chi connectivity index (χ4v) is 4.80. The van der Waals surface area contributed by atoms with Gasteiger partial charge in [-0.1, -0.05) is 12.1 Å². The fourth-order valence-electron chi connectivity index (χ4n) is 3.35. The average Bonchev–Trinajstić information content (AvgIpc) is 3.19. The quantitative estimate of drug-likeness (QED) is 0.724. The van der Waals surface area contributed by atoms with Gasteiger partial charge in [-0.2, -0.15) is 0 Å². The van der Waals surface area contributed by atoms with Crippen molar-refractivity contribution in [2.24, 2.45) is 11.7 Å². The minimum Gasteiger partial charge on any atom is -0.326 e. The van der Waals surface area contributed by atoms with Crippen LogP contribution in [-0.2, 0) is 6.54 Å². The monoisotopic (exact) mass is 396 g/mol. The van der Waals surface area contributed by atoms with Gasteiger partial charge in [0.2, 0.25) is 0 Å². The van der Waals surface area contributed by atoms with Crippen molar-refractivity contribution in [1.82, 2.24) is 4.98 Å². The Labute approximate surface area is 158 Å². The number of aromatic nitrogens is 1. The molecule has 1 fully saturated rings. The molecule has 0 spiro atoms. The summed E-state index contributed by atoms with van der Waals surface area (Å²) >= 11 is 0. The molecule has 1 unspecified atom stereocenters. The normalized spacial score (nSPS) is 23.3. The average molecular weight is 396 g/mol. The molecule has 9 heteroatoms. The number of alkyl halides is 2. The summed E-state index contributed by atoms with van der Waals surface area (Å²) in [7, 11) is -1.89. The number of benzene rings is 1. The molecule has 1 aliphatic carbocycles. The maximum absolute atomic E-state index is 13.4. The Hall–Kier alpha value is -1.94. The minimum atomic E-state index is -3.40. The van der Waals surface area contributed by atoms with Gasteiger partial charge in [-0.25, -0.2) is 22.4 Å². The molecule has 4 rings (SSSR count). The number of halogens is 2. The molecule has 2 heterocycles. The van der Waals surface area contributed by atoms with E-state index in [9.17, 15) is 17.9 Å². The summed E-state index contributed by atoms with van der Waals surface area (Å²) in [5, 5.41) is 0. The van der Waals surface area contributed by atoms with E-state index in [4.69, 9.17) is 5.73 Å². The van der Waals surface area contributed by atoms with Crippen molar-refractivity contribution in [3.63, 3.8) is 0 Å². The van der Waals surface area contributed by atoms with E-state index in [0.717, 1.165) is 16.7 Å². The van der Waals surface area contributed by atoms with Gasteiger partial charge in [-0.15, -0.1) is 0 Å². The molecule has 0 saturated heterocycles. The van der Waals surface area contributed by atoms with Crippen LogP contribution in [0.5, 0.6) is 0 Å². The molecule has 1 atom stereocenters. The van der Waals surface area contributed by atoms with Crippen LogP contribution in [0.15, 0.2) is 30.3 Å². The predicted molar refractivity (Wildman–Crippen MR) is 104 cm³/mol. The maximum atomic E-state index is 13.4. The lowest BCUT2D eigenvalue weighted by Gasteiger charge is -2.41. The Kier molecular flexibility index (Phi) is 4.12. The van der Waals surface area contributed by atoms with Gasteiger partial charge in [0.05, 0.1) is 5.69 Å². The van der Waals surface area contributed by atoms with Crippen LogP contribution >= 0.6 is 11.0 Å². The van der Waals surface area contributed by atoms with Crippen molar-refractivity contribution in [1.29, 1.82) is 0 Å². The van der Waals surface area contributed by atoms with Crippen LogP contribution in [0.4, 0.5) is 20.3 Å². The Morgan fingerprint density at radius 3 is 2.63 bits per heavy atom. The lowest BCUT2D eigenvalue weighted by Crippen LogP contribution is -2.33. The number of hydrogen-bond acceptors (Lipinski definition) is 6. The number of aryl methyl sites for hydroxylation is 1. The van der Waals surface area contributed by atoms with Gasteiger partial charge in [-0.05, 0) is 47.2 Å². The maximum Gasteiger partial charge on any atom is 0.253 e. The smallest absolute Gasteiger partial charge is 0.253 e. The zero-order chi connectivity index (χ0) is 19.6. The molecule has 0 bridgehead atoms. The zero-order valence-corrected chi connectivity index (χ0v) is 15.9. The van der Waals surface area contributed by atoms with Crippen molar-refractivity contribution in [3.8, 4) is 11.3 Å². The molecule has 146 valence electrons. The first-order valence-corrected chi connectivity index (χ1v) is 10.1. The van der Waals surface area contributed by atoms with Crippen molar-refractivity contribution >= 4 is 22.5 Å². The van der Waals surface area contributed by atoms with Gasteiger partial charge < -0.3 is 5.73 Å². The van der Waals surface area contributed by atoms with E-state index in [2.05, 4.69) is 4.98 Å². The zero-order valence-electron chi connectivity index (χ0n) is 15.1. The second-order valence-corrected chi connectivity index (χ2v) is 9.07. The first kappa shape index (κ1) is 18.4. The highest BCUT2D eigenvalue weighted by molar-refractivity contribution is 8.26. The van der Waals surface area contributed by atoms with Crippen LogP contribution in [0, 0.1) is 12.8 Å². The summed E-state index contributed by atoms with van der Waals surface area (Å²) in [4.78, 5) is 4.61. The van der Waals surface area contributed by atoms with E-state index in [1.165, 1.54) is 15.7 Å². The van der Waals surface area contributed by atoms with Gasteiger partial charge in [0.15, 0.2) is 5.82 Å². The predicted octanol–water partition coefficient (Wildman–Crippen LogP) is 4.01. The Morgan fingerprint density at radius 1 is 1.30 bits per heavy atom. The molecule has 2 aliphatic rings. The first-order chi connectivity index (χ1) is 12.6.